The van der Waals surface area contributed by atoms with Gasteiger partial charge in [0.1, 0.15) is 11.4 Å². The van der Waals surface area contributed by atoms with E-state index in [0.29, 0.717) is 15.9 Å². The molecule has 15 nitrogen and oxygen atoms in total. The number of carbonyl (C=O) groups excluding carboxylic acids is 1. The summed E-state index contributed by atoms with van der Waals surface area (Å²) < 4.78 is 34.1. The molecule has 0 bridgehead atoms. The van der Waals surface area contributed by atoms with Crippen molar-refractivity contribution in [3.05, 3.63) is 62.0 Å². The van der Waals surface area contributed by atoms with Gasteiger partial charge < -0.3 is 9.32 Å². The highest BCUT2D eigenvalue weighted by Gasteiger charge is 2.31. The lowest BCUT2D eigenvalue weighted by Crippen LogP contribution is -2.32. The number of halogens is 1. The number of nitro groups is 2. The quantitative estimate of drug-likeness (QED) is 0.0775. The van der Waals surface area contributed by atoms with Gasteiger partial charge >= 0.3 is 0 Å². The van der Waals surface area contributed by atoms with Crippen molar-refractivity contribution in [3.63, 3.8) is 0 Å². The van der Waals surface area contributed by atoms with Crippen LogP contribution in [0.2, 0.25) is 0 Å². The highest BCUT2D eigenvalue weighted by molar-refractivity contribution is 9.09. The fourth-order valence-corrected chi connectivity index (χ4v) is 6.02. The maximum Gasteiger partial charge on any atom is 0.300 e. The SMILES string of the molecule is CC(C)(C)c1cnc(CSc2cnc(NC(=O)c3cc([N+](=O)[O-])cc([N+](=O)[O-])c3N(CCBr)CCOS(C)(=O)=O)s2)o1. The molecule has 0 unspecified atom stereocenters. The van der Waals surface area contributed by atoms with E-state index < -0.39 is 37.2 Å². The molecule has 0 aliphatic heterocycles. The zero-order valence-electron chi connectivity index (χ0n) is 22.9. The molecule has 0 saturated carbocycles. The van der Waals surface area contributed by atoms with Gasteiger partial charge in [-0.2, -0.15) is 8.42 Å². The van der Waals surface area contributed by atoms with Crippen molar-refractivity contribution in [2.75, 3.05) is 41.5 Å². The van der Waals surface area contributed by atoms with Crippen LogP contribution in [0.4, 0.5) is 22.2 Å². The van der Waals surface area contributed by atoms with Crippen molar-refractivity contribution in [1.29, 1.82) is 0 Å². The second-order valence-electron chi connectivity index (χ2n) is 9.67. The first-order valence-corrected chi connectivity index (χ1v) is 16.8. The lowest BCUT2D eigenvalue weighted by atomic mass is 9.94. The van der Waals surface area contributed by atoms with Crippen LogP contribution in [0.1, 0.15) is 42.8 Å². The largest absolute Gasteiger partial charge is 0.444 e. The third-order valence-corrected chi connectivity index (χ3v) is 8.43. The maximum atomic E-state index is 13.4. The number of oxazole rings is 1. The minimum absolute atomic E-state index is 0.0852. The van der Waals surface area contributed by atoms with Crippen molar-refractivity contribution in [2.45, 2.75) is 36.1 Å². The van der Waals surface area contributed by atoms with E-state index >= 15 is 0 Å². The number of nitro benzene ring substituents is 2. The number of anilines is 2. The molecule has 2 heterocycles. The molecule has 1 amide bonds. The molecule has 19 heteroatoms. The van der Waals surface area contributed by atoms with Crippen molar-refractivity contribution in [3.8, 4) is 0 Å². The Labute approximate surface area is 257 Å². The zero-order chi connectivity index (χ0) is 31.2. The molecule has 0 spiro atoms. The maximum absolute atomic E-state index is 13.4. The van der Waals surface area contributed by atoms with Gasteiger partial charge in [0.05, 0.1) is 56.7 Å². The van der Waals surface area contributed by atoms with E-state index in [0.717, 1.165) is 35.5 Å². The van der Waals surface area contributed by atoms with Gasteiger partial charge in [-0.15, -0.1) is 11.8 Å². The Hall–Kier alpha value is -3.13. The molecule has 228 valence electrons. The Morgan fingerprint density at radius 3 is 2.48 bits per heavy atom. The van der Waals surface area contributed by atoms with E-state index in [4.69, 9.17) is 8.60 Å². The molecule has 2 aromatic heterocycles. The fraction of sp³-hybridized carbons (Fsp3) is 0.435. The number of thioether (sulfide) groups is 1. The van der Waals surface area contributed by atoms with E-state index in [9.17, 15) is 33.4 Å². The Balaban J connectivity index is 1.89. The van der Waals surface area contributed by atoms with Crippen LogP contribution < -0.4 is 10.2 Å². The molecule has 1 aromatic carbocycles. The van der Waals surface area contributed by atoms with Gasteiger partial charge in [0.2, 0.25) is 5.89 Å². The number of benzene rings is 1. The fourth-order valence-electron chi connectivity index (χ4n) is 3.50. The van der Waals surface area contributed by atoms with E-state index in [1.54, 1.807) is 6.20 Å². The topological polar surface area (TPSA) is 201 Å². The molecule has 42 heavy (non-hydrogen) atoms. The third kappa shape index (κ3) is 9.18. The summed E-state index contributed by atoms with van der Waals surface area (Å²) in [7, 11) is -3.81. The van der Waals surface area contributed by atoms with E-state index in [-0.39, 0.29) is 46.8 Å². The average Bonchev–Trinajstić information content (AvgIpc) is 3.55. The zero-order valence-corrected chi connectivity index (χ0v) is 26.9. The number of nitrogens with one attached hydrogen (secondary N) is 1. The lowest BCUT2D eigenvalue weighted by Gasteiger charge is -2.25. The molecular formula is C23H27BrN6O9S3. The van der Waals surface area contributed by atoms with Gasteiger partial charge in [-0.25, -0.2) is 9.97 Å². The van der Waals surface area contributed by atoms with E-state index in [1.807, 2.05) is 20.8 Å². The number of hydrogen-bond donors (Lipinski definition) is 1. The Bertz CT molecular complexity index is 1570. The molecule has 0 saturated heterocycles. The van der Waals surface area contributed by atoms with Gasteiger partial charge in [-0.05, 0) is 0 Å². The number of hydrogen-bond acceptors (Lipinski definition) is 14. The first-order valence-electron chi connectivity index (χ1n) is 12.1. The van der Waals surface area contributed by atoms with Gasteiger partial charge in [0.25, 0.3) is 27.4 Å². The van der Waals surface area contributed by atoms with Gasteiger partial charge in [-0.1, -0.05) is 48.0 Å². The van der Waals surface area contributed by atoms with Crippen molar-refractivity contribution < 1.29 is 31.7 Å². The van der Waals surface area contributed by atoms with Crippen molar-refractivity contribution in [2.24, 2.45) is 0 Å². The summed E-state index contributed by atoms with van der Waals surface area (Å²) in [5.41, 5.74) is -2.16. The van der Waals surface area contributed by atoms with Gasteiger partial charge in [0, 0.05) is 29.9 Å². The van der Waals surface area contributed by atoms with Crippen LogP contribution >= 0.6 is 39.0 Å². The smallest absolute Gasteiger partial charge is 0.300 e. The molecule has 0 fully saturated rings. The van der Waals surface area contributed by atoms with Crippen LogP contribution in [-0.4, -0.2) is 65.4 Å². The standard InChI is InChI=1S/C23H27BrN6O9S3/c1-23(2,3)17-11-25-18(39-17)13-40-19-12-26-22(41-19)27-21(31)15-9-14(29(32)33)10-16(30(34)35)20(15)28(6-5-24)7-8-38-42(4,36)37/h9-12H,5-8,13H2,1-4H3,(H,26,27,31). The van der Waals surface area contributed by atoms with Gasteiger partial charge in [-0.3, -0.25) is 34.5 Å². The second-order valence-corrected chi connectivity index (χ2v) is 14.4. The van der Waals surface area contributed by atoms with Crippen LogP contribution in [-0.2, 0) is 25.5 Å². The Kier molecular flexibility index (Phi) is 11.0. The minimum Gasteiger partial charge on any atom is -0.444 e. The summed E-state index contributed by atoms with van der Waals surface area (Å²) in [6.45, 7) is 5.55. The summed E-state index contributed by atoms with van der Waals surface area (Å²) in [5.74, 6) is 0.788. The Morgan fingerprint density at radius 1 is 1.19 bits per heavy atom. The summed E-state index contributed by atoms with van der Waals surface area (Å²) in [6, 6.07) is 1.67. The third-order valence-electron chi connectivity index (χ3n) is 5.39. The highest BCUT2D eigenvalue weighted by atomic mass is 79.9. The minimum atomic E-state index is -3.81. The van der Waals surface area contributed by atoms with E-state index in [1.165, 1.54) is 22.9 Å². The number of rotatable bonds is 14. The molecule has 0 aliphatic carbocycles. The average molecular weight is 708 g/mol. The van der Waals surface area contributed by atoms with Crippen molar-refractivity contribution in [1.82, 2.24) is 9.97 Å². The number of carbonyl (C=O) groups is 1. The van der Waals surface area contributed by atoms with Crippen molar-refractivity contribution >= 4 is 77.2 Å². The Morgan fingerprint density at radius 2 is 1.90 bits per heavy atom. The highest BCUT2D eigenvalue weighted by Crippen LogP contribution is 2.38. The molecule has 3 rings (SSSR count). The first kappa shape index (κ1) is 33.4. The van der Waals surface area contributed by atoms with Crippen LogP contribution in [0.3, 0.4) is 0 Å². The summed E-state index contributed by atoms with van der Waals surface area (Å²) in [4.78, 5) is 45.1. The monoisotopic (exact) mass is 706 g/mol. The van der Waals surface area contributed by atoms with Crippen LogP contribution in [0.25, 0.3) is 0 Å². The molecular weight excluding hydrogens is 680 g/mol. The molecule has 1 N–H and O–H groups in total. The number of nitrogens with zero attached hydrogens (tertiary/aromatic N) is 5. The summed E-state index contributed by atoms with van der Waals surface area (Å²) in [6.07, 6.45) is 4.05. The van der Waals surface area contributed by atoms with Crippen LogP contribution in [0.5, 0.6) is 0 Å². The number of thiazole rings is 1. The van der Waals surface area contributed by atoms with Gasteiger partial charge in [0.15, 0.2) is 5.13 Å². The molecule has 3 aromatic rings. The van der Waals surface area contributed by atoms with Crippen LogP contribution in [0.15, 0.2) is 33.2 Å². The second kappa shape index (κ2) is 13.9. The normalized spacial score (nSPS) is 11.8. The summed E-state index contributed by atoms with van der Waals surface area (Å²) >= 11 is 5.73. The number of alkyl halides is 1. The lowest BCUT2D eigenvalue weighted by molar-refractivity contribution is -0.393. The predicted octanol–water partition coefficient (Wildman–Crippen LogP) is 4.97. The number of non-ortho nitro benzene ring substituents is 1. The molecule has 0 aliphatic rings. The first-order chi connectivity index (χ1) is 19.6. The predicted molar refractivity (Wildman–Crippen MR) is 161 cm³/mol. The molecule has 0 radical (unpaired) electrons. The van der Waals surface area contributed by atoms with E-state index in [2.05, 4.69) is 31.2 Å². The number of aromatic nitrogens is 2. The molecule has 0 atom stereocenters. The van der Waals surface area contributed by atoms with Crippen LogP contribution in [0, 0.1) is 20.2 Å². The summed E-state index contributed by atoms with van der Waals surface area (Å²) in [5, 5.41) is 26.5. The number of amides is 1.